The van der Waals surface area contributed by atoms with E-state index >= 15 is 0 Å². The number of aromatic nitrogens is 4. The number of carbonyl (C=O) groups is 1. The van der Waals surface area contributed by atoms with Crippen LogP contribution in [0, 0.1) is 0 Å². The average Bonchev–Trinajstić information content (AvgIpc) is 2.62. The van der Waals surface area contributed by atoms with E-state index in [2.05, 4.69) is 15.0 Å². The number of rotatable bonds is 5. The molecule has 0 unspecified atom stereocenters. The maximum atomic E-state index is 12.0. The molecule has 0 fully saturated rings. The summed E-state index contributed by atoms with van der Waals surface area (Å²) in [5.74, 6) is -0.454. The van der Waals surface area contributed by atoms with E-state index in [4.69, 9.17) is 5.73 Å². The molecule has 8 heteroatoms. The molecule has 0 aliphatic carbocycles. The van der Waals surface area contributed by atoms with Crippen LogP contribution in [0.3, 0.4) is 0 Å². The predicted octanol–water partition coefficient (Wildman–Crippen LogP) is -0.759. The van der Waals surface area contributed by atoms with Crippen LogP contribution in [-0.2, 0) is 17.8 Å². The predicted molar refractivity (Wildman–Crippen MR) is 68.8 cm³/mol. The van der Waals surface area contributed by atoms with Crippen LogP contribution in [0.15, 0.2) is 9.59 Å². The van der Waals surface area contributed by atoms with E-state index in [-0.39, 0.29) is 29.1 Å². The molecule has 102 valence electrons. The van der Waals surface area contributed by atoms with Gasteiger partial charge in [-0.3, -0.25) is 19.1 Å². The Bertz CT molecular complexity index is 724. The van der Waals surface area contributed by atoms with Gasteiger partial charge in [-0.1, -0.05) is 13.3 Å². The molecule has 0 radical (unpaired) electrons. The Kier molecular flexibility index (Phi) is 3.50. The van der Waals surface area contributed by atoms with Crippen LogP contribution >= 0.6 is 0 Å². The minimum absolute atomic E-state index is 0.147. The summed E-state index contributed by atoms with van der Waals surface area (Å²) in [6.07, 6.45) is 1.52. The molecule has 8 nitrogen and oxygen atoms in total. The second-order valence-electron chi connectivity index (χ2n) is 4.29. The largest absolute Gasteiger partial charge is 0.369 e. The zero-order valence-corrected chi connectivity index (χ0v) is 10.5. The third-order valence-corrected chi connectivity index (χ3v) is 2.76. The third kappa shape index (κ3) is 2.56. The summed E-state index contributed by atoms with van der Waals surface area (Å²) in [7, 11) is 0. The molecule has 2 heterocycles. The number of primary amides is 1. The first-order valence-electron chi connectivity index (χ1n) is 6.03. The lowest BCUT2D eigenvalue weighted by Gasteiger charge is -2.01. The fourth-order valence-electron chi connectivity index (χ4n) is 1.90. The second-order valence-corrected chi connectivity index (χ2v) is 4.29. The number of nitrogens with two attached hydrogens (primary N) is 1. The zero-order valence-electron chi connectivity index (χ0n) is 10.5. The van der Waals surface area contributed by atoms with E-state index < -0.39 is 11.5 Å². The third-order valence-electron chi connectivity index (χ3n) is 2.76. The number of H-pyrrole nitrogens is 2. The number of nitrogens with zero attached hydrogens (tertiary/aromatic N) is 2. The van der Waals surface area contributed by atoms with Gasteiger partial charge >= 0.3 is 5.69 Å². The molecule has 0 aliphatic rings. The molecule has 0 aliphatic heterocycles. The van der Waals surface area contributed by atoms with E-state index in [1.165, 1.54) is 4.57 Å². The first kappa shape index (κ1) is 13.1. The molecule has 0 bridgehead atoms. The van der Waals surface area contributed by atoms with E-state index in [1.807, 2.05) is 6.92 Å². The van der Waals surface area contributed by atoms with E-state index in [0.717, 1.165) is 12.8 Å². The fraction of sp³-hybridized carbons (Fsp3) is 0.455. The molecule has 2 aromatic heterocycles. The normalized spacial score (nSPS) is 11.0. The second kappa shape index (κ2) is 5.09. The summed E-state index contributed by atoms with van der Waals surface area (Å²) in [5, 5.41) is 0. The van der Waals surface area contributed by atoms with Gasteiger partial charge < -0.3 is 10.7 Å². The smallest absolute Gasteiger partial charge is 0.327 e. The van der Waals surface area contributed by atoms with Gasteiger partial charge in [-0.2, -0.15) is 0 Å². The van der Waals surface area contributed by atoms with Crippen molar-refractivity contribution in [2.24, 2.45) is 5.73 Å². The standard InChI is InChI=1S/C11H15N5O3/c1-2-3-4-16-8-9(15-11(16)19)13-7(5-6(12)17)14-10(8)18/h2-5H2,1H3,(H2,12,17)(H2,13,14,15,18,19). The van der Waals surface area contributed by atoms with Crippen molar-refractivity contribution in [1.29, 1.82) is 0 Å². The number of hydrogen-bond acceptors (Lipinski definition) is 4. The van der Waals surface area contributed by atoms with E-state index in [0.29, 0.717) is 6.54 Å². The highest BCUT2D eigenvalue weighted by Gasteiger charge is 2.13. The van der Waals surface area contributed by atoms with E-state index in [1.54, 1.807) is 0 Å². The Morgan fingerprint density at radius 3 is 2.74 bits per heavy atom. The maximum absolute atomic E-state index is 12.0. The van der Waals surface area contributed by atoms with Crippen molar-refractivity contribution in [3.8, 4) is 0 Å². The van der Waals surface area contributed by atoms with Crippen LogP contribution in [0.25, 0.3) is 11.2 Å². The Labute approximate surface area is 107 Å². The summed E-state index contributed by atoms with van der Waals surface area (Å²) in [6.45, 7) is 2.45. The molecule has 1 amide bonds. The maximum Gasteiger partial charge on any atom is 0.327 e. The van der Waals surface area contributed by atoms with Crippen molar-refractivity contribution in [1.82, 2.24) is 19.5 Å². The highest BCUT2D eigenvalue weighted by molar-refractivity contribution is 5.76. The number of hydrogen-bond donors (Lipinski definition) is 3. The number of aryl methyl sites for hydroxylation is 1. The zero-order chi connectivity index (χ0) is 14.0. The first-order chi connectivity index (χ1) is 9.02. The van der Waals surface area contributed by atoms with E-state index in [9.17, 15) is 14.4 Å². The number of carbonyl (C=O) groups excluding carboxylic acids is 1. The molecule has 0 aromatic carbocycles. The van der Waals surface area contributed by atoms with Gasteiger partial charge in [-0.15, -0.1) is 0 Å². The van der Waals surface area contributed by atoms with Crippen molar-refractivity contribution in [3.63, 3.8) is 0 Å². The fourth-order valence-corrected chi connectivity index (χ4v) is 1.90. The first-order valence-corrected chi connectivity index (χ1v) is 6.03. The number of nitrogens with one attached hydrogen (secondary N) is 2. The minimum atomic E-state index is -0.602. The van der Waals surface area contributed by atoms with Crippen molar-refractivity contribution >= 4 is 17.1 Å². The van der Waals surface area contributed by atoms with Crippen molar-refractivity contribution < 1.29 is 4.79 Å². The van der Waals surface area contributed by atoms with Gasteiger partial charge in [0.25, 0.3) is 5.56 Å². The monoisotopic (exact) mass is 265 g/mol. The van der Waals surface area contributed by atoms with Crippen molar-refractivity contribution in [2.75, 3.05) is 0 Å². The van der Waals surface area contributed by atoms with Crippen molar-refractivity contribution in [2.45, 2.75) is 32.7 Å². The number of fused-ring (bicyclic) bond motifs is 1. The Morgan fingerprint density at radius 2 is 2.11 bits per heavy atom. The van der Waals surface area contributed by atoms with Gasteiger partial charge in [-0.05, 0) is 6.42 Å². The van der Waals surface area contributed by atoms with Gasteiger partial charge in [0.15, 0.2) is 11.2 Å². The molecule has 4 N–H and O–H groups in total. The quantitative estimate of drug-likeness (QED) is 0.656. The molecule has 2 rings (SSSR count). The van der Waals surface area contributed by atoms with Crippen LogP contribution in [0.5, 0.6) is 0 Å². The van der Waals surface area contributed by atoms with Gasteiger partial charge in [0.1, 0.15) is 5.82 Å². The van der Waals surface area contributed by atoms with Gasteiger partial charge in [-0.25, -0.2) is 9.78 Å². The van der Waals surface area contributed by atoms with Crippen LogP contribution in [-0.4, -0.2) is 25.4 Å². The van der Waals surface area contributed by atoms with Crippen LogP contribution in [0.4, 0.5) is 0 Å². The van der Waals surface area contributed by atoms with Gasteiger partial charge in [0.05, 0.1) is 6.42 Å². The number of amides is 1. The lowest BCUT2D eigenvalue weighted by Crippen LogP contribution is -2.22. The van der Waals surface area contributed by atoms with Gasteiger partial charge in [0, 0.05) is 6.54 Å². The lowest BCUT2D eigenvalue weighted by atomic mass is 10.3. The summed E-state index contributed by atoms with van der Waals surface area (Å²) in [6, 6.07) is 0. The summed E-state index contributed by atoms with van der Waals surface area (Å²) < 4.78 is 1.36. The lowest BCUT2D eigenvalue weighted by molar-refractivity contribution is -0.117. The Balaban J connectivity index is 2.56. The highest BCUT2D eigenvalue weighted by atomic mass is 16.2. The minimum Gasteiger partial charge on any atom is -0.369 e. The topological polar surface area (TPSA) is 127 Å². The average molecular weight is 265 g/mol. The molecular formula is C11H15N5O3. The molecule has 0 atom stereocenters. The number of aromatic amines is 2. The van der Waals surface area contributed by atoms with Crippen LogP contribution in [0.2, 0.25) is 0 Å². The van der Waals surface area contributed by atoms with Crippen LogP contribution in [0.1, 0.15) is 25.6 Å². The van der Waals surface area contributed by atoms with Crippen LogP contribution < -0.4 is 17.0 Å². The Hall–Kier alpha value is -2.38. The number of imidazole rings is 1. The van der Waals surface area contributed by atoms with Gasteiger partial charge in [0.2, 0.25) is 5.91 Å². The van der Waals surface area contributed by atoms with Crippen molar-refractivity contribution in [3.05, 3.63) is 26.7 Å². The summed E-state index contributed by atoms with van der Waals surface area (Å²) in [5.41, 5.74) is 4.60. The molecule has 0 saturated carbocycles. The summed E-state index contributed by atoms with van der Waals surface area (Å²) in [4.78, 5) is 43.5. The molecule has 0 spiro atoms. The molecular weight excluding hydrogens is 250 g/mol. The molecule has 19 heavy (non-hydrogen) atoms. The number of unbranched alkanes of at least 4 members (excludes halogenated alkanes) is 1. The Morgan fingerprint density at radius 1 is 1.37 bits per heavy atom. The highest BCUT2D eigenvalue weighted by Crippen LogP contribution is 2.04. The molecule has 2 aromatic rings. The molecule has 0 saturated heterocycles. The summed E-state index contributed by atoms with van der Waals surface area (Å²) >= 11 is 0. The SMILES string of the molecule is CCCCn1c(=O)[nH]c2nc(CC(N)=O)[nH]c(=O)c21.